The van der Waals surface area contributed by atoms with Crippen molar-refractivity contribution in [3.63, 3.8) is 0 Å². The molecule has 2 unspecified atom stereocenters. The summed E-state index contributed by atoms with van der Waals surface area (Å²) in [6.45, 7) is 0.180. The van der Waals surface area contributed by atoms with Crippen molar-refractivity contribution in [3.05, 3.63) is 99.0 Å². The van der Waals surface area contributed by atoms with Crippen LogP contribution >= 0.6 is 23.2 Å². The topological polar surface area (TPSA) is 62.1 Å². The number of carbonyl (C=O) groups is 2. The molecule has 3 aliphatic carbocycles. The van der Waals surface area contributed by atoms with Crippen LogP contribution in [-0.2, 0) is 9.59 Å². The zero-order valence-electron chi connectivity index (χ0n) is 16.6. The molecule has 0 spiro atoms. The monoisotopic (exact) mass is 459 g/mol. The van der Waals surface area contributed by atoms with Gasteiger partial charge in [0.25, 0.3) is 5.91 Å². The van der Waals surface area contributed by atoms with E-state index in [-0.39, 0.29) is 35.2 Å². The van der Waals surface area contributed by atoms with Gasteiger partial charge in [-0.25, -0.2) is 4.90 Å². The number of hydrogen-bond acceptors (Lipinski definition) is 4. The number of azo groups is 1. The number of anilines is 1. The van der Waals surface area contributed by atoms with Crippen molar-refractivity contribution in [1.29, 1.82) is 0 Å². The summed E-state index contributed by atoms with van der Waals surface area (Å²) < 4.78 is 0. The number of rotatable bonds is 1. The molecule has 2 atom stereocenters. The maximum Gasteiger partial charge on any atom is 0.265 e. The van der Waals surface area contributed by atoms with Gasteiger partial charge in [-0.05, 0) is 40.5 Å². The van der Waals surface area contributed by atoms with Crippen LogP contribution in [0.2, 0.25) is 10.0 Å². The molecule has 0 saturated carbocycles. The van der Waals surface area contributed by atoms with Gasteiger partial charge in [0.05, 0.1) is 22.3 Å². The lowest BCUT2D eigenvalue weighted by molar-refractivity contribution is -0.129. The Morgan fingerprint density at radius 3 is 1.97 bits per heavy atom. The van der Waals surface area contributed by atoms with Crippen molar-refractivity contribution in [1.82, 2.24) is 0 Å². The van der Waals surface area contributed by atoms with E-state index < -0.39 is 11.0 Å². The Balaban J connectivity index is 1.56. The minimum Gasteiger partial charge on any atom is -0.273 e. The first-order chi connectivity index (χ1) is 15.5. The van der Waals surface area contributed by atoms with Crippen molar-refractivity contribution in [2.24, 2.45) is 15.6 Å². The molecule has 156 valence electrons. The molecule has 0 radical (unpaired) electrons. The first kappa shape index (κ1) is 18.5. The SMILES string of the molecule is O=C1N(c2ccc(Cl)c(Cl)c2)C(=O)C23N=NCC12C1c2ccccc2C3c2ccccc21. The molecule has 2 amide bonds. The van der Waals surface area contributed by atoms with E-state index in [0.29, 0.717) is 10.7 Å². The highest BCUT2D eigenvalue weighted by Crippen LogP contribution is 2.72. The Morgan fingerprint density at radius 1 is 0.781 bits per heavy atom. The Kier molecular flexibility index (Phi) is 3.39. The van der Waals surface area contributed by atoms with Crippen LogP contribution < -0.4 is 4.90 Å². The van der Waals surface area contributed by atoms with Gasteiger partial charge in [-0.1, -0.05) is 71.7 Å². The van der Waals surface area contributed by atoms with Crippen LogP contribution in [0.1, 0.15) is 34.1 Å². The normalized spacial score (nSPS) is 30.9. The molecule has 8 rings (SSSR count). The Hall–Kier alpha value is -3.02. The highest BCUT2D eigenvalue weighted by molar-refractivity contribution is 6.42. The smallest absolute Gasteiger partial charge is 0.265 e. The van der Waals surface area contributed by atoms with E-state index in [2.05, 4.69) is 34.5 Å². The van der Waals surface area contributed by atoms with E-state index >= 15 is 0 Å². The first-order valence-corrected chi connectivity index (χ1v) is 11.2. The van der Waals surface area contributed by atoms with Crippen LogP contribution in [0.25, 0.3) is 0 Å². The summed E-state index contributed by atoms with van der Waals surface area (Å²) in [5, 5.41) is 9.65. The third-order valence-electron chi connectivity index (χ3n) is 7.65. The van der Waals surface area contributed by atoms with Crippen molar-refractivity contribution in [2.45, 2.75) is 17.4 Å². The van der Waals surface area contributed by atoms with Crippen molar-refractivity contribution in [3.8, 4) is 0 Å². The average molecular weight is 460 g/mol. The van der Waals surface area contributed by atoms with Gasteiger partial charge in [-0.3, -0.25) is 9.59 Å². The lowest BCUT2D eigenvalue weighted by Gasteiger charge is -2.54. The predicted molar refractivity (Wildman–Crippen MR) is 120 cm³/mol. The lowest BCUT2D eigenvalue weighted by atomic mass is 9.45. The van der Waals surface area contributed by atoms with Crippen LogP contribution in [-0.4, -0.2) is 23.9 Å². The average Bonchev–Trinajstić information content (AvgIpc) is 3.31. The van der Waals surface area contributed by atoms with Gasteiger partial charge in [-0.15, -0.1) is 0 Å². The van der Waals surface area contributed by atoms with E-state index in [4.69, 9.17) is 23.2 Å². The van der Waals surface area contributed by atoms with E-state index in [1.54, 1.807) is 18.2 Å². The van der Waals surface area contributed by atoms with Gasteiger partial charge in [0, 0.05) is 11.8 Å². The number of imide groups is 1. The van der Waals surface area contributed by atoms with Crippen molar-refractivity contribution >= 4 is 40.7 Å². The molecular weight excluding hydrogens is 445 g/mol. The molecule has 5 nitrogen and oxygen atoms in total. The number of carbonyl (C=O) groups excluding carboxylic acids is 2. The second kappa shape index (κ2) is 5.85. The molecular formula is C25H15Cl2N3O2. The molecule has 2 heterocycles. The van der Waals surface area contributed by atoms with Gasteiger partial charge < -0.3 is 0 Å². The third kappa shape index (κ3) is 1.79. The molecule has 1 fully saturated rings. The number of hydrogen-bond donors (Lipinski definition) is 0. The first-order valence-electron chi connectivity index (χ1n) is 10.4. The van der Waals surface area contributed by atoms with Crippen LogP contribution in [0.3, 0.4) is 0 Å². The highest BCUT2D eigenvalue weighted by Gasteiger charge is 2.82. The molecule has 3 aromatic rings. The molecule has 0 N–H and O–H groups in total. The van der Waals surface area contributed by atoms with E-state index in [1.165, 1.54) is 4.90 Å². The number of benzene rings is 3. The van der Waals surface area contributed by atoms with Crippen LogP contribution in [0, 0.1) is 5.41 Å². The van der Waals surface area contributed by atoms with Gasteiger partial charge in [0.2, 0.25) is 5.91 Å². The summed E-state index contributed by atoms with van der Waals surface area (Å²) in [6, 6.07) is 21.0. The van der Waals surface area contributed by atoms with Crippen LogP contribution in [0.4, 0.5) is 5.69 Å². The lowest BCUT2D eigenvalue weighted by Crippen LogP contribution is -2.61. The minimum absolute atomic E-state index is 0.180. The van der Waals surface area contributed by atoms with Crippen molar-refractivity contribution in [2.75, 3.05) is 11.4 Å². The van der Waals surface area contributed by atoms with Crippen LogP contribution in [0.15, 0.2) is 77.0 Å². The fourth-order valence-corrected chi connectivity index (χ4v) is 6.81. The Morgan fingerprint density at radius 2 is 1.38 bits per heavy atom. The van der Waals surface area contributed by atoms with Gasteiger partial charge >= 0.3 is 0 Å². The summed E-state index contributed by atoms with van der Waals surface area (Å²) in [6.07, 6.45) is 0. The summed E-state index contributed by atoms with van der Waals surface area (Å²) in [7, 11) is 0. The molecule has 1 saturated heterocycles. The number of nitrogens with zero attached hydrogens (tertiary/aromatic N) is 3. The maximum absolute atomic E-state index is 14.3. The molecule has 7 heteroatoms. The van der Waals surface area contributed by atoms with Gasteiger partial charge in [-0.2, -0.15) is 10.2 Å². The molecule has 5 aliphatic rings. The summed E-state index contributed by atoms with van der Waals surface area (Å²) in [5.41, 5.74) is 2.27. The summed E-state index contributed by atoms with van der Waals surface area (Å²) in [5.74, 6) is -1.31. The predicted octanol–water partition coefficient (Wildman–Crippen LogP) is 5.35. The fourth-order valence-electron chi connectivity index (χ4n) is 6.52. The third-order valence-corrected chi connectivity index (χ3v) is 8.39. The molecule has 0 aromatic heterocycles. The van der Waals surface area contributed by atoms with E-state index in [0.717, 1.165) is 22.3 Å². The number of halogens is 2. The van der Waals surface area contributed by atoms with Crippen molar-refractivity contribution < 1.29 is 9.59 Å². The van der Waals surface area contributed by atoms with E-state index in [1.807, 2.05) is 24.3 Å². The molecule has 2 bridgehead atoms. The zero-order valence-corrected chi connectivity index (χ0v) is 18.1. The summed E-state index contributed by atoms with van der Waals surface area (Å²) >= 11 is 12.3. The molecule has 3 aromatic carbocycles. The standard InChI is InChI=1S/C25H15Cl2N3O2/c26-18-10-9-13(11-19(18)27)30-22(31)24-12-28-29-25(24,23(30)32)21-16-7-3-1-5-14(16)20(24)15-6-2-4-8-17(15)21/h1-11,20-21H,12H2. The largest absolute Gasteiger partial charge is 0.273 e. The van der Waals surface area contributed by atoms with Crippen LogP contribution in [0.5, 0.6) is 0 Å². The Labute approximate surface area is 193 Å². The molecule has 32 heavy (non-hydrogen) atoms. The zero-order chi connectivity index (χ0) is 21.8. The highest BCUT2D eigenvalue weighted by atomic mass is 35.5. The quantitative estimate of drug-likeness (QED) is 0.460. The maximum atomic E-state index is 14.3. The van der Waals surface area contributed by atoms with Gasteiger partial charge in [0.15, 0.2) is 5.54 Å². The second-order valence-corrected chi connectivity index (χ2v) is 9.62. The summed E-state index contributed by atoms with van der Waals surface area (Å²) in [4.78, 5) is 29.8. The Bertz CT molecular complexity index is 1370. The number of amides is 2. The van der Waals surface area contributed by atoms with Gasteiger partial charge in [0.1, 0.15) is 5.41 Å². The fraction of sp³-hybridized carbons (Fsp3) is 0.200. The molecule has 2 aliphatic heterocycles. The van der Waals surface area contributed by atoms with E-state index in [9.17, 15) is 9.59 Å². The minimum atomic E-state index is -1.30. The second-order valence-electron chi connectivity index (χ2n) is 8.81.